The summed E-state index contributed by atoms with van der Waals surface area (Å²) in [5, 5.41) is 4.11. The van der Waals surface area contributed by atoms with Crippen LogP contribution in [0.3, 0.4) is 0 Å². The molecular formula is C23H25N3O4. The summed E-state index contributed by atoms with van der Waals surface area (Å²) in [6.45, 7) is 3.26. The molecule has 1 amide bonds. The Morgan fingerprint density at radius 1 is 1.13 bits per heavy atom. The van der Waals surface area contributed by atoms with E-state index >= 15 is 0 Å². The van der Waals surface area contributed by atoms with Gasteiger partial charge in [0.15, 0.2) is 0 Å². The molecule has 1 aliphatic rings. The summed E-state index contributed by atoms with van der Waals surface area (Å²) in [4.78, 5) is 19.4. The maximum atomic E-state index is 12.9. The minimum atomic E-state index is -0.181. The first kappa shape index (κ1) is 19.9. The molecule has 0 N–H and O–H groups in total. The number of benzene rings is 2. The number of aromatic nitrogens is 2. The first-order valence-electron chi connectivity index (χ1n) is 10.2. The van der Waals surface area contributed by atoms with E-state index in [9.17, 15) is 4.79 Å². The summed E-state index contributed by atoms with van der Waals surface area (Å²) in [6, 6.07) is 15.0. The van der Waals surface area contributed by atoms with Gasteiger partial charge in [-0.25, -0.2) is 0 Å². The number of methoxy groups -OCH3 is 1. The summed E-state index contributed by atoms with van der Waals surface area (Å²) in [7, 11) is 1.63. The third-order valence-corrected chi connectivity index (χ3v) is 5.24. The zero-order valence-electron chi connectivity index (χ0n) is 17.2. The summed E-state index contributed by atoms with van der Waals surface area (Å²) in [6.07, 6.45) is 2.07. The molecule has 0 radical (unpaired) electrons. The molecule has 30 heavy (non-hydrogen) atoms. The molecule has 156 valence electrons. The van der Waals surface area contributed by atoms with Crippen LogP contribution >= 0.6 is 0 Å². The molecule has 1 unspecified atom stereocenters. The molecule has 1 aliphatic heterocycles. The Labute approximate surface area is 175 Å². The van der Waals surface area contributed by atoms with Gasteiger partial charge < -0.3 is 18.9 Å². The lowest BCUT2D eigenvalue weighted by molar-refractivity contribution is -0.131. The van der Waals surface area contributed by atoms with Crippen molar-refractivity contribution in [3.05, 3.63) is 60.0 Å². The average molecular weight is 407 g/mol. The van der Waals surface area contributed by atoms with Crippen molar-refractivity contribution in [3.8, 4) is 22.9 Å². The van der Waals surface area contributed by atoms with E-state index in [1.54, 1.807) is 7.11 Å². The third kappa shape index (κ3) is 4.30. The van der Waals surface area contributed by atoms with Crippen LogP contribution < -0.4 is 9.47 Å². The van der Waals surface area contributed by atoms with E-state index in [4.69, 9.17) is 14.0 Å². The van der Waals surface area contributed by atoms with Crippen LogP contribution in [-0.2, 0) is 11.2 Å². The molecule has 1 saturated heterocycles. The van der Waals surface area contributed by atoms with Crippen molar-refractivity contribution in [2.75, 3.05) is 20.3 Å². The van der Waals surface area contributed by atoms with E-state index in [1.807, 2.05) is 60.4 Å². The molecule has 1 fully saturated rings. The largest absolute Gasteiger partial charge is 0.497 e. The predicted octanol–water partition coefficient (Wildman–Crippen LogP) is 4.05. The molecule has 1 aromatic heterocycles. The zero-order valence-corrected chi connectivity index (χ0v) is 17.2. The topological polar surface area (TPSA) is 77.7 Å². The van der Waals surface area contributed by atoms with Gasteiger partial charge in [0.05, 0.1) is 20.1 Å². The normalized spacial score (nSPS) is 15.9. The molecule has 2 aromatic carbocycles. The van der Waals surface area contributed by atoms with Crippen LogP contribution in [0.25, 0.3) is 11.4 Å². The van der Waals surface area contributed by atoms with Gasteiger partial charge in [0, 0.05) is 12.1 Å². The van der Waals surface area contributed by atoms with E-state index in [1.165, 1.54) is 0 Å². The first-order valence-corrected chi connectivity index (χ1v) is 10.2. The second kappa shape index (κ2) is 8.98. The molecule has 3 aromatic rings. The van der Waals surface area contributed by atoms with Crippen LogP contribution in [-0.4, -0.2) is 41.2 Å². The molecule has 7 nitrogen and oxygen atoms in total. The van der Waals surface area contributed by atoms with E-state index in [0.717, 1.165) is 35.5 Å². The van der Waals surface area contributed by atoms with Crippen molar-refractivity contribution in [1.29, 1.82) is 0 Å². The van der Waals surface area contributed by atoms with Crippen LogP contribution in [0.5, 0.6) is 11.5 Å². The fourth-order valence-corrected chi connectivity index (χ4v) is 3.70. The van der Waals surface area contributed by atoms with Gasteiger partial charge in [-0.05, 0) is 61.7 Å². The fourth-order valence-electron chi connectivity index (χ4n) is 3.70. The summed E-state index contributed by atoms with van der Waals surface area (Å²) in [5.74, 6) is 2.64. The average Bonchev–Trinajstić information content (AvgIpc) is 3.45. The van der Waals surface area contributed by atoms with Crippen molar-refractivity contribution in [2.45, 2.75) is 32.2 Å². The van der Waals surface area contributed by atoms with E-state index < -0.39 is 0 Å². The second-order valence-electron chi connectivity index (χ2n) is 7.18. The van der Waals surface area contributed by atoms with Gasteiger partial charge in [0.1, 0.15) is 17.5 Å². The Kier molecular flexibility index (Phi) is 5.97. The summed E-state index contributed by atoms with van der Waals surface area (Å²) >= 11 is 0. The van der Waals surface area contributed by atoms with Crippen molar-refractivity contribution in [3.63, 3.8) is 0 Å². The monoisotopic (exact) mass is 407 g/mol. The Morgan fingerprint density at radius 3 is 2.57 bits per heavy atom. The Bertz CT molecular complexity index is 982. The molecule has 1 atom stereocenters. The highest BCUT2D eigenvalue weighted by atomic mass is 16.5. The Morgan fingerprint density at radius 2 is 1.87 bits per heavy atom. The van der Waals surface area contributed by atoms with Crippen LogP contribution in [0.1, 0.15) is 37.3 Å². The number of likely N-dealkylation sites (tertiary alicyclic amines) is 1. The number of amides is 1. The fraction of sp³-hybridized carbons (Fsp3) is 0.348. The van der Waals surface area contributed by atoms with Gasteiger partial charge in [-0.1, -0.05) is 17.3 Å². The SMILES string of the molecule is CCOc1ccc(CC(=O)N2CCCC2c2nc(-c3ccc(OC)cc3)no2)cc1. The first-order chi connectivity index (χ1) is 14.7. The highest BCUT2D eigenvalue weighted by molar-refractivity contribution is 5.79. The standard InChI is InChI=1S/C23H25N3O4/c1-3-29-19-10-6-16(7-11-19)15-21(27)26-14-4-5-20(26)23-24-22(25-30-23)17-8-12-18(28-2)13-9-17/h6-13,20H,3-5,14-15H2,1-2H3. The molecule has 0 saturated carbocycles. The van der Waals surface area contributed by atoms with Gasteiger partial charge in [-0.2, -0.15) is 4.98 Å². The molecule has 2 heterocycles. The lowest BCUT2D eigenvalue weighted by Gasteiger charge is -2.22. The predicted molar refractivity (Wildman–Crippen MR) is 111 cm³/mol. The lowest BCUT2D eigenvalue weighted by atomic mass is 10.1. The van der Waals surface area contributed by atoms with Gasteiger partial charge in [-0.15, -0.1) is 0 Å². The van der Waals surface area contributed by atoms with E-state index in [2.05, 4.69) is 10.1 Å². The minimum absolute atomic E-state index is 0.0610. The number of carbonyl (C=O) groups is 1. The summed E-state index contributed by atoms with van der Waals surface area (Å²) in [5.41, 5.74) is 1.80. The quantitative estimate of drug-likeness (QED) is 0.588. The Balaban J connectivity index is 1.45. The highest BCUT2D eigenvalue weighted by Gasteiger charge is 2.34. The molecule has 0 spiro atoms. The number of rotatable bonds is 7. The maximum Gasteiger partial charge on any atom is 0.249 e. The third-order valence-electron chi connectivity index (χ3n) is 5.24. The maximum absolute atomic E-state index is 12.9. The van der Waals surface area contributed by atoms with Gasteiger partial charge in [0.25, 0.3) is 0 Å². The molecular weight excluding hydrogens is 382 g/mol. The van der Waals surface area contributed by atoms with Gasteiger partial charge >= 0.3 is 0 Å². The molecule has 4 rings (SSSR count). The van der Waals surface area contributed by atoms with Crippen LogP contribution in [0, 0.1) is 0 Å². The molecule has 0 bridgehead atoms. The smallest absolute Gasteiger partial charge is 0.249 e. The molecule has 0 aliphatic carbocycles. The molecule has 7 heteroatoms. The second-order valence-corrected chi connectivity index (χ2v) is 7.18. The van der Waals surface area contributed by atoms with Crippen LogP contribution in [0.15, 0.2) is 53.1 Å². The number of nitrogens with zero attached hydrogens (tertiary/aromatic N) is 3. The number of ether oxygens (including phenoxy) is 2. The minimum Gasteiger partial charge on any atom is -0.497 e. The van der Waals surface area contributed by atoms with Crippen molar-refractivity contribution in [2.24, 2.45) is 0 Å². The van der Waals surface area contributed by atoms with Gasteiger partial charge in [-0.3, -0.25) is 4.79 Å². The number of carbonyl (C=O) groups excluding carboxylic acids is 1. The van der Waals surface area contributed by atoms with Crippen molar-refractivity contribution >= 4 is 5.91 Å². The van der Waals surface area contributed by atoms with Crippen molar-refractivity contribution in [1.82, 2.24) is 15.0 Å². The van der Waals surface area contributed by atoms with E-state index in [-0.39, 0.29) is 11.9 Å². The van der Waals surface area contributed by atoms with Crippen LogP contribution in [0.2, 0.25) is 0 Å². The lowest BCUT2D eigenvalue weighted by Crippen LogP contribution is -2.32. The van der Waals surface area contributed by atoms with Crippen LogP contribution in [0.4, 0.5) is 0 Å². The Hall–Kier alpha value is -3.35. The summed E-state index contributed by atoms with van der Waals surface area (Å²) < 4.78 is 16.2. The highest BCUT2D eigenvalue weighted by Crippen LogP contribution is 2.33. The zero-order chi connectivity index (χ0) is 20.9. The number of hydrogen-bond donors (Lipinski definition) is 0. The van der Waals surface area contributed by atoms with Crippen molar-refractivity contribution < 1.29 is 18.8 Å². The number of hydrogen-bond acceptors (Lipinski definition) is 6. The van der Waals surface area contributed by atoms with E-state index in [0.29, 0.717) is 31.3 Å². The van der Waals surface area contributed by atoms with Gasteiger partial charge in [0.2, 0.25) is 17.6 Å².